The summed E-state index contributed by atoms with van der Waals surface area (Å²) in [4.78, 5) is 0. The molecule has 1 heterocycles. The third-order valence-corrected chi connectivity index (χ3v) is 1.61. The quantitative estimate of drug-likeness (QED) is 0.677. The van der Waals surface area contributed by atoms with Crippen LogP contribution in [0.2, 0.25) is 0 Å². The van der Waals surface area contributed by atoms with Crippen molar-refractivity contribution < 1.29 is 4.74 Å². The Hall–Kier alpha value is -0.700. The van der Waals surface area contributed by atoms with Crippen LogP contribution in [0.15, 0.2) is 12.4 Å². The Morgan fingerprint density at radius 1 is 1.67 bits per heavy atom. The Morgan fingerprint density at radius 3 is 2.92 bits per heavy atom. The predicted molar refractivity (Wildman–Crippen MR) is 48.8 cm³/mol. The molecule has 3 nitrogen and oxygen atoms in total. The van der Waals surface area contributed by atoms with Crippen molar-refractivity contribution in [1.29, 1.82) is 0 Å². The summed E-state index contributed by atoms with van der Waals surface area (Å²) in [6, 6.07) is 0.373. The fraction of sp³-hybridized carbons (Fsp3) is 0.625. The molecule has 0 atom stereocenters. The molecule has 68 valence electrons. The molecule has 0 saturated carbocycles. The zero-order chi connectivity index (χ0) is 8.97. The third-order valence-electron chi connectivity index (χ3n) is 1.45. The van der Waals surface area contributed by atoms with E-state index in [4.69, 9.17) is 16.3 Å². The first-order valence-corrected chi connectivity index (χ1v) is 4.50. The first-order valence-electron chi connectivity index (χ1n) is 3.97. The van der Waals surface area contributed by atoms with E-state index in [1.807, 2.05) is 10.9 Å². The molecule has 0 fully saturated rings. The van der Waals surface area contributed by atoms with E-state index in [9.17, 15) is 0 Å². The van der Waals surface area contributed by atoms with Crippen LogP contribution < -0.4 is 4.74 Å². The topological polar surface area (TPSA) is 27.1 Å². The number of aromatic nitrogens is 2. The molecule has 1 aromatic heterocycles. The van der Waals surface area contributed by atoms with Crippen LogP contribution in [-0.4, -0.2) is 22.3 Å². The van der Waals surface area contributed by atoms with Gasteiger partial charge in [0.1, 0.15) is 6.61 Å². The molecule has 4 heteroatoms. The van der Waals surface area contributed by atoms with Gasteiger partial charge in [0.25, 0.3) is 0 Å². The van der Waals surface area contributed by atoms with Crippen LogP contribution in [0.3, 0.4) is 0 Å². The fourth-order valence-corrected chi connectivity index (χ4v) is 0.911. The molecule has 0 saturated heterocycles. The Balaban J connectivity index is 2.52. The highest BCUT2D eigenvalue weighted by molar-refractivity contribution is 6.17. The molecule has 0 aliphatic heterocycles. The van der Waals surface area contributed by atoms with E-state index in [2.05, 4.69) is 18.9 Å². The van der Waals surface area contributed by atoms with Gasteiger partial charge in [-0.3, -0.25) is 4.68 Å². The van der Waals surface area contributed by atoms with Gasteiger partial charge < -0.3 is 4.74 Å². The molecule has 0 bridgehead atoms. The van der Waals surface area contributed by atoms with Gasteiger partial charge in [-0.1, -0.05) is 0 Å². The van der Waals surface area contributed by atoms with Gasteiger partial charge in [-0.25, -0.2) is 0 Å². The summed E-state index contributed by atoms with van der Waals surface area (Å²) >= 11 is 5.47. The normalized spacial score (nSPS) is 10.7. The maximum absolute atomic E-state index is 5.47. The van der Waals surface area contributed by atoms with Crippen molar-refractivity contribution in [1.82, 2.24) is 9.78 Å². The van der Waals surface area contributed by atoms with Crippen LogP contribution in [0.25, 0.3) is 0 Å². The average molecular weight is 189 g/mol. The summed E-state index contributed by atoms with van der Waals surface area (Å²) in [7, 11) is 0. The Labute approximate surface area is 77.3 Å². The molecule has 0 radical (unpaired) electrons. The van der Waals surface area contributed by atoms with Gasteiger partial charge in [0.15, 0.2) is 5.75 Å². The van der Waals surface area contributed by atoms with E-state index >= 15 is 0 Å². The van der Waals surface area contributed by atoms with E-state index in [1.165, 1.54) is 0 Å². The highest BCUT2D eigenvalue weighted by Crippen LogP contribution is 2.11. The van der Waals surface area contributed by atoms with E-state index in [-0.39, 0.29) is 0 Å². The zero-order valence-electron chi connectivity index (χ0n) is 7.33. The molecule has 0 aliphatic rings. The summed E-state index contributed by atoms with van der Waals surface area (Å²) in [5.74, 6) is 1.29. The van der Waals surface area contributed by atoms with Crippen molar-refractivity contribution in [3.05, 3.63) is 12.4 Å². The molecule has 0 N–H and O–H groups in total. The fourth-order valence-electron chi connectivity index (χ4n) is 0.834. The molecule has 0 aliphatic carbocycles. The standard InChI is InChI=1S/C8H13ClN2O/c1-7(2)11-6-8(5-10-11)12-4-3-9/h5-7H,3-4H2,1-2H3. The molecule has 0 spiro atoms. The van der Waals surface area contributed by atoms with Crippen LogP contribution in [0.5, 0.6) is 5.75 Å². The van der Waals surface area contributed by atoms with Crippen molar-refractivity contribution in [2.75, 3.05) is 12.5 Å². The lowest BCUT2D eigenvalue weighted by Crippen LogP contribution is -2.00. The highest BCUT2D eigenvalue weighted by Gasteiger charge is 2.01. The van der Waals surface area contributed by atoms with Gasteiger partial charge >= 0.3 is 0 Å². The highest BCUT2D eigenvalue weighted by atomic mass is 35.5. The second-order valence-electron chi connectivity index (χ2n) is 2.79. The lowest BCUT2D eigenvalue weighted by molar-refractivity contribution is 0.341. The monoisotopic (exact) mass is 188 g/mol. The van der Waals surface area contributed by atoms with E-state index in [0.29, 0.717) is 18.5 Å². The number of hydrogen-bond donors (Lipinski definition) is 0. The Morgan fingerprint density at radius 2 is 2.42 bits per heavy atom. The number of ether oxygens (including phenoxy) is 1. The summed E-state index contributed by atoms with van der Waals surface area (Å²) in [5.41, 5.74) is 0. The van der Waals surface area contributed by atoms with Gasteiger partial charge in [-0.05, 0) is 13.8 Å². The molecular weight excluding hydrogens is 176 g/mol. The van der Waals surface area contributed by atoms with E-state index in [0.717, 1.165) is 5.75 Å². The number of rotatable bonds is 4. The predicted octanol–water partition coefficient (Wildman–Crippen LogP) is 2.08. The molecule has 0 amide bonds. The van der Waals surface area contributed by atoms with E-state index < -0.39 is 0 Å². The van der Waals surface area contributed by atoms with Gasteiger partial charge in [0.2, 0.25) is 0 Å². The van der Waals surface area contributed by atoms with Crippen molar-refractivity contribution in [3.8, 4) is 5.75 Å². The molecule has 12 heavy (non-hydrogen) atoms. The zero-order valence-corrected chi connectivity index (χ0v) is 8.08. The summed E-state index contributed by atoms with van der Waals surface area (Å²) in [6.07, 6.45) is 3.57. The summed E-state index contributed by atoms with van der Waals surface area (Å²) in [5, 5.41) is 4.12. The molecule has 0 aromatic carbocycles. The van der Waals surface area contributed by atoms with Crippen LogP contribution in [0, 0.1) is 0 Å². The number of hydrogen-bond acceptors (Lipinski definition) is 2. The van der Waals surface area contributed by atoms with Crippen LogP contribution in [0.4, 0.5) is 0 Å². The SMILES string of the molecule is CC(C)n1cc(OCCCl)cn1. The molecule has 1 aromatic rings. The molecule has 0 unspecified atom stereocenters. The number of halogens is 1. The van der Waals surface area contributed by atoms with Crippen LogP contribution in [0.1, 0.15) is 19.9 Å². The van der Waals surface area contributed by atoms with E-state index in [1.54, 1.807) is 6.20 Å². The minimum atomic E-state index is 0.373. The maximum Gasteiger partial charge on any atom is 0.157 e. The summed E-state index contributed by atoms with van der Waals surface area (Å²) < 4.78 is 7.12. The van der Waals surface area contributed by atoms with Crippen molar-refractivity contribution >= 4 is 11.6 Å². The van der Waals surface area contributed by atoms with Crippen molar-refractivity contribution in [3.63, 3.8) is 0 Å². The van der Waals surface area contributed by atoms with Gasteiger partial charge in [-0.15, -0.1) is 11.6 Å². The second kappa shape index (κ2) is 4.36. The van der Waals surface area contributed by atoms with Crippen LogP contribution >= 0.6 is 11.6 Å². The Bertz CT molecular complexity index is 235. The number of nitrogens with zero attached hydrogens (tertiary/aromatic N) is 2. The summed E-state index contributed by atoms with van der Waals surface area (Å²) in [6.45, 7) is 4.67. The van der Waals surface area contributed by atoms with Crippen molar-refractivity contribution in [2.24, 2.45) is 0 Å². The largest absolute Gasteiger partial charge is 0.489 e. The van der Waals surface area contributed by atoms with Crippen LogP contribution in [-0.2, 0) is 0 Å². The number of alkyl halides is 1. The first kappa shape index (κ1) is 9.39. The maximum atomic E-state index is 5.47. The third kappa shape index (κ3) is 2.41. The first-order chi connectivity index (χ1) is 5.74. The van der Waals surface area contributed by atoms with Gasteiger partial charge in [0, 0.05) is 6.04 Å². The van der Waals surface area contributed by atoms with Crippen molar-refractivity contribution in [2.45, 2.75) is 19.9 Å². The second-order valence-corrected chi connectivity index (χ2v) is 3.17. The minimum absolute atomic E-state index is 0.373. The average Bonchev–Trinajstić information content (AvgIpc) is 2.48. The lowest BCUT2D eigenvalue weighted by Gasteiger charge is -2.03. The minimum Gasteiger partial charge on any atom is -0.489 e. The Kier molecular flexibility index (Phi) is 3.41. The molecule has 1 rings (SSSR count). The lowest BCUT2D eigenvalue weighted by atomic mass is 10.4. The smallest absolute Gasteiger partial charge is 0.157 e. The molecular formula is C8H13ClN2O. The van der Waals surface area contributed by atoms with Gasteiger partial charge in [0.05, 0.1) is 18.3 Å². The van der Waals surface area contributed by atoms with Gasteiger partial charge in [-0.2, -0.15) is 5.10 Å².